The first-order valence-electron chi connectivity index (χ1n) is 9.73. The summed E-state index contributed by atoms with van der Waals surface area (Å²) in [7, 11) is 1.40. The summed E-state index contributed by atoms with van der Waals surface area (Å²) in [6.45, 7) is 1.65. The van der Waals surface area contributed by atoms with Crippen LogP contribution in [0.2, 0.25) is 0 Å². The molecule has 0 saturated carbocycles. The van der Waals surface area contributed by atoms with E-state index in [9.17, 15) is 24.6 Å². The third-order valence-electron chi connectivity index (χ3n) is 6.36. The van der Waals surface area contributed by atoms with Gasteiger partial charge in [-0.05, 0) is 24.3 Å². The Bertz CT molecular complexity index is 1020. The number of nitrogens with two attached hydrogens (primary N) is 1. The standard InChI is InChI=1S/C22H22N2O6/c1-3-22(21(28)29)16-15(17(23-22)13-10-7-11-14(30-2)18(13)25)19(26)24(20(16)27)12-8-5-4-6-9-12/h4-11,15-17,23,25H,3H2,1-2H3,(H,28,29)/t15-,16-,17-,22-/m0/s1. The molecular formula is C22H22N2O6. The summed E-state index contributed by atoms with van der Waals surface area (Å²) in [6.07, 6.45) is 0.0827. The van der Waals surface area contributed by atoms with Gasteiger partial charge in [0.25, 0.3) is 0 Å². The number of phenolic OH excluding ortho intramolecular Hbond substituents is 1. The van der Waals surface area contributed by atoms with E-state index in [2.05, 4.69) is 0 Å². The minimum atomic E-state index is -1.62. The highest BCUT2D eigenvalue weighted by Crippen LogP contribution is 2.48. The van der Waals surface area contributed by atoms with E-state index in [1.54, 1.807) is 55.5 Å². The van der Waals surface area contributed by atoms with Crippen LogP contribution in [0.1, 0.15) is 24.9 Å². The lowest BCUT2D eigenvalue weighted by Gasteiger charge is -2.31. The molecule has 0 radical (unpaired) electrons. The van der Waals surface area contributed by atoms with E-state index in [0.717, 1.165) is 4.90 Å². The molecular weight excluding hydrogens is 388 g/mol. The van der Waals surface area contributed by atoms with Crippen molar-refractivity contribution in [2.24, 2.45) is 11.8 Å². The van der Waals surface area contributed by atoms with Crippen molar-refractivity contribution in [2.75, 3.05) is 12.0 Å². The van der Waals surface area contributed by atoms with Crippen molar-refractivity contribution in [1.82, 2.24) is 0 Å². The zero-order valence-corrected chi connectivity index (χ0v) is 16.6. The number of hydrogen-bond acceptors (Lipinski definition) is 6. The number of fused-ring (bicyclic) bond motifs is 1. The molecule has 4 atom stereocenters. The number of quaternary nitrogens is 1. The molecule has 0 aromatic heterocycles. The van der Waals surface area contributed by atoms with Crippen LogP contribution < -0.4 is 20.1 Å². The van der Waals surface area contributed by atoms with Gasteiger partial charge in [-0.15, -0.1) is 0 Å². The number of carbonyl (C=O) groups excluding carboxylic acids is 3. The molecule has 0 bridgehead atoms. The predicted octanol–water partition coefficient (Wildman–Crippen LogP) is -0.277. The van der Waals surface area contributed by atoms with Gasteiger partial charge in [0.2, 0.25) is 11.8 Å². The molecule has 2 amide bonds. The van der Waals surface area contributed by atoms with Crippen molar-refractivity contribution >= 4 is 23.5 Å². The van der Waals surface area contributed by atoms with E-state index in [1.165, 1.54) is 12.4 Å². The highest BCUT2D eigenvalue weighted by atomic mass is 16.5. The Morgan fingerprint density at radius 1 is 1.17 bits per heavy atom. The molecule has 2 saturated heterocycles. The summed E-state index contributed by atoms with van der Waals surface area (Å²) >= 11 is 0. The lowest BCUT2D eigenvalue weighted by molar-refractivity contribution is -0.739. The number of ether oxygens (including phenoxy) is 1. The van der Waals surface area contributed by atoms with Crippen LogP contribution in [0.4, 0.5) is 5.69 Å². The molecule has 8 heteroatoms. The van der Waals surface area contributed by atoms with Crippen molar-refractivity contribution in [3.05, 3.63) is 54.1 Å². The van der Waals surface area contributed by atoms with Gasteiger partial charge < -0.3 is 25.1 Å². The SMILES string of the molecule is CC[C@]1(C(=O)[O-])[NH2+][C@@H](c2cccc(OC)c2O)[C@H]2C(=O)N(c3ccccc3)C(=O)[C@H]21. The van der Waals surface area contributed by atoms with E-state index < -0.39 is 41.2 Å². The Morgan fingerprint density at radius 3 is 2.47 bits per heavy atom. The van der Waals surface area contributed by atoms with E-state index in [1.807, 2.05) is 0 Å². The molecule has 8 nitrogen and oxygen atoms in total. The maximum absolute atomic E-state index is 13.4. The van der Waals surface area contributed by atoms with Crippen LogP contribution in [0.25, 0.3) is 0 Å². The van der Waals surface area contributed by atoms with E-state index >= 15 is 0 Å². The number of carboxylic acids is 1. The molecule has 2 aromatic carbocycles. The summed E-state index contributed by atoms with van der Waals surface area (Å²) in [5, 5.41) is 24.4. The van der Waals surface area contributed by atoms with E-state index in [4.69, 9.17) is 4.74 Å². The molecule has 0 aliphatic carbocycles. The van der Waals surface area contributed by atoms with Gasteiger partial charge in [0.05, 0.1) is 18.4 Å². The number of carbonyl (C=O) groups is 3. The molecule has 3 N–H and O–H groups in total. The Kier molecular flexibility index (Phi) is 4.74. The Labute approximate surface area is 173 Å². The maximum Gasteiger partial charge on any atom is 0.244 e. The van der Waals surface area contributed by atoms with Crippen LogP contribution in [-0.4, -0.2) is 35.5 Å². The van der Waals surface area contributed by atoms with Gasteiger partial charge in [0.15, 0.2) is 11.5 Å². The third-order valence-corrected chi connectivity index (χ3v) is 6.36. The molecule has 2 aliphatic heterocycles. The molecule has 2 heterocycles. The van der Waals surface area contributed by atoms with Crippen molar-refractivity contribution in [3.8, 4) is 11.5 Å². The second kappa shape index (κ2) is 7.14. The molecule has 0 spiro atoms. The van der Waals surface area contributed by atoms with Crippen LogP contribution in [0, 0.1) is 11.8 Å². The summed E-state index contributed by atoms with van der Waals surface area (Å²) in [6, 6.07) is 12.5. The Hall–Kier alpha value is -3.39. The van der Waals surface area contributed by atoms with Crippen LogP contribution in [-0.2, 0) is 14.4 Å². The van der Waals surface area contributed by atoms with Gasteiger partial charge in [-0.2, -0.15) is 0 Å². The van der Waals surface area contributed by atoms with E-state index in [-0.39, 0.29) is 17.9 Å². The van der Waals surface area contributed by atoms with Gasteiger partial charge in [-0.3, -0.25) is 9.59 Å². The largest absolute Gasteiger partial charge is 0.544 e. The average Bonchev–Trinajstić information content (AvgIpc) is 3.23. The summed E-state index contributed by atoms with van der Waals surface area (Å²) in [5.41, 5.74) is -0.892. The van der Waals surface area contributed by atoms with Crippen LogP contribution in [0.15, 0.2) is 48.5 Å². The number of aromatic hydroxyl groups is 1. The molecule has 2 aromatic rings. The molecule has 2 aliphatic rings. The zero-order chi connectivity index (χ0) is 21.6. The number of para-hydroxylation sites is 2. The number of anilines is 1. The van der Waals surface area contributed by atoms with Crippen LogP contribution in [0.5, 0.6) is 11.5 Å². The first kappa shape index (κ1) is 19.9. The van der Waals surface area contributed by atoms with Gasteiger partial charge >= 0.3 is 0 Å². The van der Waals surface area contributed by atoms with E-state index in [0.29, 0.717) is 11.3 Å². The number of hydrogen-bond donors (Lipinski definition) is 2. The number of amides is 2. The lowest BCUT2D eigenvalue weighted by atomic mass is 9.78. The third kappa shape index (κ3) is 2.60. The Balaban J connectivity index is 1.88. The first-order chi connectivity index (χ1) is 14.4. The molecule has 30 heavy (non-hydrogen) atoms. The lowest BCUT2D eigenvalue weighted by Crippen LogP contribution is -2.99. The number of aliphatic carboxylic acids is 1. The Morgan fingerprint density at radius 2 is 1.87 bits per heavy atom. The number of rotatable bonds is 5. The van der Waals surface area contributed by atoms with Gasteiger partial charge in [-0.1, -0.05) is 31.2 Å². The molecule has 0 unspecified atom stereocenters. The number of methoxy groups -OCH3 is 1. The number of phenols is 1. The van der Waals surface area contributed by atoms with Crippen molar-refractivity contribution < 1.29 is 34.7 Å². The predicted molar refractivity (Wildman–Crippen MR) is 103 cm³/mol. The molecule has 2 fully saturated rings. The fourth-order valence-corrected chi connectivity index (χ4v) is 4.89. The van der Waals surface area contributed by atoms with Crippen LogP contribution >= 0.6 is 0 Å². The number of carboxylic acid groups (broad SMARTS) is 1. The topological polar surface area (TPSA) is 124 Å². The minimum Gasteiger partial charge on any atom is -0.544 e. The minimum absolute atomic E-state index is 0.0827. The maximum atomic E-state index is 13.4. The smallest absolute Gasteiger partial charge is 0.244 e. The van der Waals surface area contributed by atoms with Gasteiger partial charge in [0.1, 0.15) is 29.4 Å². The second-order valence-corrected chi connectivity index (χ2v) is 7.62. The summed E-state index contributed by atoms with van der Waals surface area (Å²) in [4.78, 5) is 40.1. The van der Waals surface area contributed by atoms with Gasteiger partial charge in [-0.25, -0.2) is 4.90 Å². The van der Waals surface area contributed by atoms with Crippen molar-refractivity contribution in [3.63, 3.8) is 0 Å². The van der Waals surface area contributed by atoms with Gasteiger partial charge in [0, 0.05) is 6.42 Å². The number of benzene rings is 2. The molecule has 4 rings (SSSR count). The fourth-order valence-electron chi connectivity index (χ4n) is 4.89. The summed E-state index contributed by atoms with van der Waals surface area (Å²) in [5.74, 6) is -4.51. The summed E-state index contributed by atoms with van der Waals surface area (Å²) < 4.78 is 5.17. The highest BCUT2D eigenvalue weighted by molar-refractivity contribution is 6.23. The monoisotopic (exact) mass is 410 g/mol. The zero-order valence-electron chi connectivity index (χ0n) is 16.6. The van der Waals surface area contributed by atoms with Crippen LogP contribution in [0.3, 0.4) is 0 Å². The molecule has 156 valence electrons. The first-order valence-corrected chi connectivity index (χ1v) is 9.73. The highest BCUT2D eigenvalue weighted by Gasteiger charge is 2.69. The fraction of sp³-hybridized carbons (Fsp3) is 0.318. The number of imide groups is 1. The normalized spacial score (nSPS) is 27.9. The van der Waals surface area contributed by atoms with Crippen molar-refractivity contribution in [1.29, 1.82) is 0 Å². The quantitative estimate of drug-likeness (QED) is 0.654. The average molecular weight is 410 g/mol. The van der Waals surface area contributed by atoms with Crippen molar-refractivity contribution in [2.45, 2.75) is 24.9 Å². The number of nitrogens with zero attached hydrogens (tertiary/aromatic N) is 1. The second-order valence-electron chi connectivity index (χ2n) is 7.62.